The molecular formula is C23H30N2O4S. The van der Waals surface area contributed by atoms with E-state index in [0.29, 0.717) is 6.42 Å². The van der Waals surface area contributed by atoms with Gasteiger partial charge in [-0.2, -0.15) is 0 Å². The fraction of sp³-hybridized carbons (Fsp3) is 0.435. The van der Waals surface area contributed by atoms with Crippen LogP contribution in [0.1, 0.15) is 48.9 Å². The fourth-order valence-electron chi connectivity index (χ4n) is 3.83. The van der Waals surface area contributed by atoms with E-state index in [0.717, 1.165) is 36.1 Å². The maximum atomic E-state index is 12.6. The Morgan fingerprint density at radius 2 is 1.63 bits per heavy atom. The zero-order valence-electron chi connectivity index (χ0n) is 17.5. The predicted molar refractivity (Wildman–Crippen MR) is 119 cm³/mol. The van der Waals surface area contributed by atoms with Gasteiger partial charge in [0.15, 0.2) is 0 Å². The minimum atomic E-state index is -3.26. The van der Waals surface area contributed by atoms with Crippen LogP contribution in [0.4, 0.5) is 5.69 Å². The molecule has 2 aromatic carbocycles. The Hall–Kier alpha value is -2.22. The zero-order valence-corrected chi connectivity index (χ0v) is 18.4. The molecule has 0 bridgehead atoms. The molecule has 7 heteroatoms. The second-order valence-electron chi connectivity index (χ2n) is 7.76. The summed E-state index contributed by atoms with van der Waals surface area (Å²) in [6.45, 7) is 2.16. The first-order valence-electron chi connectivity index (χ1n) is 10.4. The summed E-state index contributed by atoms with van der Waals surface area (Å²) >= 11 is 0. The van der Waals surface area contributed by atoms with E-state index in [4.69, 9.17) is 0 Å². The minimum Gasteiger partial charge on any atom is -0.390 e. The highest BCUT2D eigenvalue weighted by Crippen LogP contribution is 2.37. The third-order valence-corrected chi connectivity index (χ3v) is 6.98. The van der Waals surface area contributed by atoms with E-state index < -0.39 is 22.2 Å². The summed E-state index contributed by atoms with van der Waals surface area (Å²) in [5.74, 6) is -0.0813. The van der Waals surface area contributed by atoms with E-state index >= 15 is 0 Å². The second kappa shape index (κ2) is 9.73. The van der Waals surface area contributed by atoms with Crippen LogP contribution in [0.5, 0.6) is 0 Å². The van der Waals surface area contributed by atoms with E-state index in [1.807, 2.05) is 48.5 Å². The van der Waals surface area contributed by atoms with E-state index in [1.54, 1.807) is 4.90 Å². The van der Waals surface area contributed by atoms with Crippen molar-refractivity contribution >= 4 is 21.6 Å². The van der Waals surface area contributed by atoms with Crippen molar-refractivity contribution in [2.75, 3.05) is 17.7 Å². The molecule has 3 rings (SSSR count). The summed E-state index contributed by atoms with van der Waals surface area (Å²) in [6, 6.07) is 15.0. The SMILES string of the molecule is CCCCc1ccc(N2C(=O)CC(O)C2c2ccc(CCS(=O)(=O)NC)cc2)cc1. The van der Waals surface area contributed by atoms with Gasteiger partial charge in [0.05, 0.1) is 24.3 Å². The van der Waals surface area contributed by atoms with Crippen molar-refractivity contribution in [3.8, 4) is 0 Å². The number of aryl methyl sites for hydroxylation is 2. The molecule has 2 unspecified atom stereocenters. The molecule has 1 aliphatic rings. The molecule has 0 spiro atoms. The first-order chi connectivity index (χ1) is 14.3. The molecule has 0 aromatic heterocycles. The van der Waals surface area contributed by atoms with Gasteiger partial charge in [-0.25, -0.2) is 13.1 Å². The summed E-state index contributed by atoms with van der Waals surface area (Å²) in [5, 5.41) is 10.6. The lowest BCUT2D eigenvalue weighted by Crippen LogP contribution is -2.30. The highest BCUT2D eigenvalue weighted by Gasteiger charge is 2.40. The van der Waals surface area contributed by atoms with E-state index in [2.05, 4.69) is 11.6 Å². The largest absolute Gasteiger partial charge is 0.390 e. The first kappa shape index (κ1) is 22.5. The van der Waals surface area contributed by atoms with Gasteiger partial charge in [-0.15, -0.1) is 0 Å². The number of hydrogen-bond acceptors (Lipinski definition) is 4. The Kier molecular flexibility index (Phi) is 7.28. The van der Waals surface area contributed by atoms with Crippen molar-refractivity contribution in [2.45, 2.75) is 51.2 Å². The van der Waals surface area contributed by atoms with Crippen LogP contribution in [0.3, 0.4) is 0 Å². The quantitative estimate of drug-likeness (QED) is 0.640. The highest BCUT2D eigenvalue weighted by molar-refractivity contribution is 7.89. The smallest absolute Gasteiger partial charge is 0.230 e. The van der Waals surface area contributed by atoms with Gasteiger partial charge in [-0.3, -0.25) is 4.79 Å². The lowest BCUT2D eigenvalue weighted by atomic mass is 9.99. The Bertz CT molecular complexity index is 956. The van der Waals surface area contributed by atoms with Crippen molar-refractivity contribution in [3.05, 3.63) is 65.2 Å². The standard InChI is InChI=1S/C23H30N2O4S/c1-3-4-5-17-8-12-20(13-9-17)25-22(27)16-21(26)23(25)19-10-6-18(7-11-19)14-15-30(28,29)24-2/h6-13,21,23-24,26H,3-5,14-16H2,1-2H3. The van der Waals surface area contributed by atoms with Crippen LogP contribution >= 0.6 is 0 Å². The van der Waals surface area contributed by atoms with Crippen LogP contribution in [0.25, 0.3) is 0 Å². The lowest BCUT2D eigenvalue weighted by Gasteiger charge is -2.27. The number of amides is 1. The summed E-state index contributed by atoms with van der Waals surface area (Å²) in [4.78, 5) is 14.3. The summed E-state index contributed by atoms with van der Waals surface area (Å²) in [5.41, 5.74) is 3.75. The molecule has 2 aromatic rings. The van der Waals surface area contributed by atoms with Gasteiger partial charge in [0.25, 0.3) is 0 Å². The summed E-state index contributed by atoms with van der Waals surface area (Å²) in [7, 11) is -1.85. The second-order valence-corrected chi connectivity index (χ2v) is 9.81. The van der Waals surface area contributed by atoms with Crippen molar-refractivity contribution in [1.82, 2.24) is 4.72 Å². The molecule has 0 radical (unpaired) electrons. The Morgan fingerprint density at radius 1 is 1.03 bits per heavy atom. The van der Waals surface area contributed by atoms with E-state index in [1.165, 1.54) is 12.6 Å². The van der Waals surface area contributed by atoms with Crippen LogP contribution in [-0.2, 0) is 27.7 Å². The molecule has 1 heterocycles. The van der Waals surface area contributed by atoms with Crippen LogP contribution in [-0.4, -0.2) is 38.3 Å². The number of benzene rings is 2. The topological polar surface area (TPSA) is 86.7 Å². The maximum Gasteiger partial charge on any atom is 0.230 e. The number of unbranched alkanes of at least 4 members (excludes halogenated alkanes) is 1. The van der Waals surface area contributed by atoms with Crippen molar-refractivity contribution in [2.24, 2.45) is 0 Å². The average Bonchev–Trinajstić information content (AvgIpc) is 3.05. The number of carbonyl (C=O) groups excluding carboxylic acids is 1. The average molecular weight is 431 g/mol. The molecule has 1 fully saturated rings. The number of nitrogens with one attached hydrogen (secondary N) is 1. The molecule has 30 heavy (non-hydrogen) atoms. The van der Waals surface area contributed by atoms with Crippen molar-refractivity contribution < 1.29 is 18.3 Å². The molecule has 162 valence electrons. The zero-order chi connectivity index (χ0) is 21.7. The molecule has 0 saturated carbocycles. The third kappa shape index (κ3) is 5.28. The fourth-order valence-corrected chi connectivity index (χ4v) is 4.54. The molecule has 1 aliphatic heterocycles. The Balaban J connectivity index is 1.78. The number of rotatable bonds is 9. The van der Waals surface area contributed by atoms with Gasteiger partial charge in [0.1, 0.15) is 0 Å². The van der Waals surface area contributed by atoms with E-state index in [-0.39, 0.29) is 18.1 Å². The van der Waals surface area contributed by atoms with E-state index in [9.17, 15) is 18.3 Å². The maximum absolute atomic E-state index is 12.6. The van der Waals surface area contributed by atoms with Gasteiger partial charge in [0, 0.05) is 5.69 Å². The molecule has 2 N–H and O–H groups in total. The summed E-state index contributed by atoms with van der Waals surface area (Å²) < 4.78 is 25.6. The van der Waals surface area contributed by atoms with Crippen LogP contribution < -0.4 is 9.62 Å². The predicted octanol–water partition coefficient (Wildman–Crippen LogP) is 2.96. The Morgan fingerprint density at radius 3 is 2.23 bits per heavy atom. The Labute approximate surface area is 179 Å². The molecule has 1 saturated heterocycles. The van der Waals surface area contributed by atoms with Gasteiger partial charge in [0.2, 0.25) is 15.9 Å². The molecule has 1 amide bonds. The van der Waals surface area contributed by atoms with Crippen molar-refractivity contribution in [3.63, 3.8) is 0 Å². The lowest BCUT2D eigenvalue weighted by molar-refractivity contribution is -0.117. The molecular weight excluding hydrogens is 400 g/mol. The summed E-state index contributed by atoms with van der Waals surface area (Å²) in [6.07, 6.45) is 2.99. The minimum absolute atomic E-state index is 0.0177. The van der Waals surface area contributed by atoms with Gasteiger partial charge < -0.3 is 10.0 Å². The molecule has 6 nitrogen and oxygen atoms in total. The number of hydrogen-bond donors (Lipinski definition) is 2. The number of aliphatic hydroxyl groups excluding tert-OH is 1. The number of sulfonamides is 1. The van der Waals surface area contributed by atoms with Gasteiger partial charge in [-0.1, -0.05) is 49.7 Å². The van der Waals surface area contributed by atoms with Gasteiger partial charge in [-0.05, 0) is 55.1 Å². The first-order valence-corrected chi connectivity index (χ1v) is 12.1. The van der Waals surface area contributed by atoms with Crippen LogP contribution in [0.15, 0.2) is 48.5 Å². The van der Waals surface area contributed by atoms with Crippen LogP contribution in [0, 0.1) is 0 Å². The number of anilines is 1. The van der Waals surface area contributed by atoms with Crippen LogP contribution in [0.2, 0.25) is 0 Å². The molecule has 0 aliphatic carbocycles. The molecule has 2 atom stereocenters. The number of carbonyl (C=O) groups is 1. The monoisotopic (exact) mass is 430 g/mol. The highest BCUT2D eigenvalue weighted by atomic mass is 32.2. The number of nitrogens with zero attached hydrogens (tertiary/aromatic N) is 1. The van der Waals surface area contributed by atoms with Gasteiger partial charge >= 0.3 is 0 Å². The normalized spacial score (nSPS) is 19.4. The number of aliphatic hydroxyl groups is 1. The van der Waals surface area contributed by atoms with Crippen molar-refractivity contribution in [1.29, 1.82) is 0 Å². The third-order valence-electron chi connectivity index (χ3n) is 5.62.